The third-order valence-corrected chi connectivity index (χ3v) is 5.33. The van der Waals surface area contributed by atoms with Crippen LogP contribution in [-0.4, -0.2) is 48.8 Å². The Morgan fingerprint density at radius 1 is 1.13 bits per heavy atom. The molecule has 0 radical (unpaired) electrons. The normalized spacial score (nSPS) is 14.3. The first kappa shape index (κ1) is 21.3. The second-order valence-electron chi connectivity index (χ2n) is 7.86. The maximum atomic E-state index is 13.1. The minimum absolute atomic E-state index is 0.134. The average Bonchev–Trinajstić information content (AvgIpc) is 2.73. The molecule has 1 aliphatic heterocycles. The molecule has 0 unspecified atom stereocenters. The Kier molecular flexibility index (Phi) is 6.34. The molecule has 0 atom stereocenters. The molecule has 0 saturated carbocycles. The molecule has 2 aromatic rings. The van der Waals surface area contributed by atoms with Crippen LogP contribution < -0.4 is 10.2 Å². The molecule has 0 bridgehead atoms. The van der Waals surface area contributed by atoms with E-state index in [1.807, 2.05) is 0 Å². The number of benzene rings is 2. The van der Waals surface area contributed by atoms with E-state index in [9.17, 15) is 19.7 Å². The molecule has 0 aromatic heterocycles. The Morgan fingerprint density at radius 2 is 1.83 bits per heavy atom. The summed E-state index contributed by atoms with van der Waals surface area (Å²) in [5, 5.41) is 14.1. The molecule has 1 saturated heterocycles. The molecule has 2 amide bonds. The van der Waals surface area contributed by atoms with Crippen molar-refractivity contribution in [3.8, 4) is 0 Å². The van der Waals surface area contributed by atoms with Crippen molar-refractivity contribution in [2.24, 2.45) is 5.92 Å². The minimum Gasteiger partial charge on any atom is -0.371 e. The second-order valence-corrected chi connectivity index (χ2v) is 7.86. The van der Waals surface area contributed by atoms with Crippen LogP contribution in [0.2, 0.25) is 0 Å². The summed E-state index contributed by atoms with van der Waals surface area (Å²) in [6.07, 6.45) is 2.01. The van der Waals surface area contributed by atoms with E-state index >= 15 is 0 Å². The van der Waals surface area contributed by atoms with Crippen LogP contribution in [0.25, 0.3) is 0 Å². The van der Waals surface area contributed by atoms with Gasteiger partial charge >= 0.3 is 0 Å². The summed E-state index contributed by atoms with van der Waals surface area (Å²) in [5.74, 6) is -0.0000963. The topological polar surface area (TPSA) is 95.8 Å². The number of non-ortho nitro benzene ring substituents is 1. The van der Waals surface area contributed by atoms with Gasteiger partial charge in [0.05, 0.1) is 16.2 Å². The van der Waals surface area contributed by atoms with E-state index in [-0.39, 0.29) is 17.2 Å². The highest BCUT2D eigenvalue weighted by Gasteiger charge is 2.24. The monoisotopic (exact) mass is 410 g/mol. The highest BCUT2D eigenvalue weighted by atomic mass is 16.6. The number of anilines is 2. The smallest absolute Gasteiger partial charge is 0.270 e. The predicted molar refractivity (Wildman–Crippen MR) is 116 cm³/mol. The first-order valence-electron chi connectivity index (χ1n) is 9.92. The zero-order valence-electron chi connectivity index (χ0n) is 17.4. The zero-order chi connectivity index (χ0) is 21.8. The number of carbonyl (C=O) groups is 2. The lowest BCUT2D eigenvalue weighted by Gasteiger charge is -2.33. The van der Waals surface area contributed by atoms with E-state index in [1.165, 1.54) is 17.0 Å². The molecule has 1 aliphatic rings. The molecular formula is C22H26N4O4. The van der Waals surface area contributed by atoms with Crippen LogP contribution in [0.15, 0.2) is 42.5 Å². The number of rotatable bonds is 5. The van der Waals surface area contributed by atoms with Gasteiger partial charge in [-0.2, -0.15) is 0 Å². The Balaban J connectivity index is 1.90. The van der Waals surface area contributed by atoms with Crippen LogP contribution >= 0.6 is 0 Å². The minimum atomic E-state index is -0.505. The number of nitrogens with zero attached hydrogens (tertiary/aromatic N) is 3. The standard InChI is InChI=1S/C22H26N4O4/c1-15-9-11-25(12-10-15)20-8-7-18(26(29)30)14-19(20)21(27)23-17-6-4-5-16(13-17)22(28)24(2)3/h4-8,13-15H,9-12H2,1-3H3,(H,23,27). The van der Waals surface area contributed by atoms with E-state index in [4.69, 9.17) is 0 Å². The van der Waals surface area contributed by atoms with Crippen LogP contribution in [0.1, 0.15) is 40.5 Å². The summed E-state index contributed by atoms with van der Waals surface area (Å²) in [7, 11) is 3.31. The number of hydrogen-bond donors (Lipinski definition) is 1. The molecule has 0 aliphatic carbocycles. The van der Waals surface area contributed by atoms with Gasteiger partial charge in [0.1, 0.15) is 0 Å². The molecule has 1 N–H and O–H groups in total. The van der Waals surface area contributed by atoms with Crippen LogP contribution in [0, 0.1) is 16.0 Å². The molecular weight excluding hydrogens is 384 g/mol. The van der Waals surface area contributed by atoms with Gasteiger partial charge in [-0.25, -0.2) is 0 Å². The van der Waals surface area contributed by atoms with Crippen molar-refractivity contribution >= 4 is 28.9 Å². The molecule has 8 heteroatoms. The molecule has 8 nitrogen and oxygen atoms in total. The largest absolute Gasteiger partial charge is 0.371 e. The lowest BCUT2D eigenvalue weighted by Crippen LogP contribution is -2.34. The van der Waals surface area contributed by atoms with Crippen molar-refractivity contribution in [1.29, 1.82) is 0 Å². The SMILES string of the molecule is CC1CCN(c2ccc([N+](=O)[O-])cc2C(=O)Nc2cccc(C(=O)N(C)C)c2)CC1. The molecule has 0 spiro atoms. The third kappa shape index (κ3) is 4.76. The van der Waals surface area contributed by atoms with E-state index < -0.39 is 10.8 Å². The second kappa shape index (κ2) is 8.94. The van der Waals surface area contributed by atoms with Crippen LogP contribution in [-0.2, 0) is 0 Å². The first-order valence-corrected chi connectivity index (χ1v) is 9.92. The van der Waals surface area contributed by atoms with E-state index in [1.54, 1.807) is 44.4 Å². The number of amides is 2. The predicted octanol–water partition coefficient (Wildman–Crippen LogP) is 3.79. The van der Waals surface area contributed by atoms with Crippen LogP contribution in [0.3, 0.4) is 0 Å². The van der Waals surface area contributed by atoms with Crippen molar-refractivity contribution in [3.63, 3.8) is 0 Å². The summed E-state index contributed by atoms with van der Waals surface area (Å²) in [6, 6.07) is 11.0. The molecule has 1 heterocycles. The fourth-order valence-corrected chi connectivity index (χ4v) is 3.53. The third-order valence-electron chi connectivity index (χ3n) is 5.33. The van der Waals surface area contributed by atoms with Gasteiger partial charge in [0.2, 0.25) is 0 Å². The maximum absolute atomic E-state index is 13.1. The molecule has 3 rings (SSSR count). The number of nitrogens with one attached hydrogen (secondary N) is 1. The Bertz CT molecular complexity index is 965. The van der Waals surface area contributed by atoms with Crippen molar-refractivity contribution < 1.29 is 14.5 Å². The molecule has 1 fully saturated rings. The molecule has 158 valence electrons. The van der Waals surface area contributed by atoms with Gasteiger partial charge in [0.25, 0.3) is 17.5 Å². The summed E-state index contributed by atoms with van der Waals surface area (Å²) in [5.41, 5.74) is 1.71. The average molecular weight is 410 g/mol. The maximum Gasteiger partial charge on any atom is 0.270 e. The molecule has 2 aromatic carbocycles. The molecule has 30 heavy (non-hydrogen) atoms. The van der Waals surface area contributed by atoms with Crippen molar-refractivity contribution in [2.75, 3.05) is 37.4 Å². The summed E-state index contributed by atoms with van der Waals surface area (Å²) < 4.78 is 0. The lowest BCUT2D eigenvalue weighted by atomic mass is 9.97. The highest BCUT2D eigenvalue weighted by Crippen LogP contribution is 2.30. The van der Waals surface area contributed by atoms with Gasteiger partial charge in [-0.15, -0.1) is 0 Å². The summed E-state index contributed by atoms with van der Waals surface area (Å²) in [6.45, 7) is 3.79. The lowest BCUT2D eigenvalue weighted by molar-refractivity contribution is -0.384. The van der Waals surface area contributed by atoms with E-state index in [0.717, 1.165) is 25.9 Å². The van der Waals surface area contributed by atoms with Gasteiger partial charge in [-0.1, -0.05) is 13.0 Å². The van der Waals surface area contributed by atoms with Gasteiger partial charge in [0.15, 0.2) is 0 Å². The number of nitro groups is 1. The van der Waals surface area contributed by atoms with Gasteiger partial charge in [-0.05, 0) is 43.0 Å². The zero-order valence-corrected chi connectivity index (χ0v) is 17.4. The van der Waals surface area contributed by atoms with E-state index in [2.05, 4.69) is 17.1 Å². The Labute approximate surface area is 175 Å². The summed E-state index contributed by atoms with van der Waals surface area (Å²) >= 11 is 0. The summed E-state index contributed by atoms with van der Waals surface area (Å²) in [4.78, 5) is 39.6. The van der Waals surface area contributed by atoms with Crippen LogP contribution in [0.5, 0.6) is 0 Å². The highest BCUT2D eigenvalue weighted by molar-refractivity contribution is 6.09. The van der Waals surface area contributed by atoms with E-state index in [0.29, 0.717) is 22.9 Å². The number of nitro benzene ring substituents is 1. The van der Waals surface area contributed by atoms with Crippen molar-refractivity contribution in [2.45, 2.75) is 19.8 Å². The number of carbonyl (C=O) groups excluding carboxylic acids is 2. The fourth-order valence-electron chi connectivity index (χ4n) is 3.53. The Morgan fingerprint density at radius 3 is 2.47 bits per heavy atom. The van der Waals surface area contributed by atoms with Gasteiger partial charge in [0, 0.05) is 50.6 Å². The number of hydrogen-bond acceptors (Lipinski definition) is 5. The number of piperidine rings is 1. The van der Waals surface area contributed by atoms with Crippen molar-refractivity contribution in [3.05, 3.63) is 63.7 Å². The quantitative estimate of drug-likeness (QED) is 0.598. The first-order chi connectivity index (χ1) is 14.3. The Hall–Kier alpha value is -3.42. The van der Waals surface area contributed by atoms with Gasteiger partial charge < -0.3 is 15.1 Å². The van der Waals surface area contributed by atoms with Gasteiger partial charge in [-0.3, -0.25) is 19.7 Å². The van der Waals surface area contributed by atoms with Crippen molar-refractivity contribution in [1.82, 2.24) is 4.90 Å². The fraction of sp³-hybridized carbons (Fsp3) is 0.364. The van der Waals surface area contributed by atoms with Crippen LogP contribution in [0.4, 0.5) is 17.1 Å².